The minimum atomic E-state index is -3.27. The van der Waals surface area contributed by atoms with Crippen LogP contribution in [0.1, 0.15) is 25.0 Å². The lowest BCUT2D eigenvalue weighted by Crippen LogP contribution is -2.37. The summed E-state index contributed by atoms with van der Waals surface area (Å²) >= 11 is 1.66. The smallest absolute Gasteiger partial charge is 0.218 e. The summed E-state index contributed by atoms with van der Waals surface area (Å²) in [6, 6.07) is 7.78. The van der Waals surface area contributed by atoms with Gasteiger partial charge in [0.15, 0.2) is 0 Å². The first-order valence-corrected chi connectivity index (χ1v) is 10.1. The zero-order chi connectivity index (χ0) is 15.9. The number of nitrogens with zero attached hydrogens (tertiary/aromatic N) is 1. The van der Waals surface area contributed by atoms with E-state index in [1.807, 2.05) is 37.4 Å². The highest BCUT2D eigenvalue weighted by atomic mass is 32.2. The van der Waals surface area contributed by atoms with Crippen LogP contribution in [0.3, 0.4) is 0 Å². The second-order valence-electron chi connectivity index (χ2n) is 5.18. The van der Waals surface area contributed by atoms with E-state index in [9.17, 15) is 8.42 Å². The average molecular weight is 331 g/mol. The summed E-state index contributed by atoms with van der Waals surface area (Å²) in [5.41, 5.74) is 1.96. The largest absolute Gasteiger partial charge is 0.313 e. The molecular formula is C15H26N2O2S2. The molecule has 1 aromatic rings. The number of rotatable bonds is 9. The van der Waals surface area contributed by atoms with Crippen molar-refractivity contribution >= 4 is 21.8 Å². The van der Waals surface area contributed by atoms with E-state index in [1.54, 1.807) is 18.8 Å². The Labute approximate surface area is 133 Å². The molecule has 1 N–H and O–H groups in total. The second-order valence-corrected chi connectivity index (χ2v) is 8.12. The third-order valence-corrected chi connectivity index (χ3v) is 6.14. The number of sulfonamides is 1. The van der Waals surface area contributed by atoms with Crippen LogP contribution in [0.25, 0.3) is 0 Å². The van der Waals surface area contributed by atoms with Crippen LogP contribution in [0.15, 0.2) is 24.3 Å². The third-order valence-electron chi connectivity index (χ3n) is 3.39. The van der Waals surface area contributed by atoms with Crippen molar-refractivity contribution in [1.82, 2.24) is 9.62 Å². The summed E-state index contributed by atoms with van der Waals surface area (Å²) in [6.45, 7) is 5.66. The number of nitrogens with one attached hydrogen (secondary N) is 1. The lowest BCUT2D eigenvalue weighted by Gasteiger charge is -2.23. The molecule has 0 spiro atoms. The van der Waals surface area contributed by atoms with Crippen LogP contribution in [0.2, 0.25) is 0 Å². The first-order chi connectivity index (χ1) is 9.90. The van der Waals surface area contributed by atoms with E-state index in [0.717, 1.165) is 30.0 Å². The maximum Gasteiger partial charge on any atom is 0.218 e. The van der Waals surface area contributed by atoms with Gasteiger partial charge in [-0.05, 0) is 30.9 Å². The van der Waals surface area contributed by atoms with Crippen LogP contribution in [-0.2, 0) is 22.3 Å². The number of benzene rings is 1. The minimum Gasteiger partial charge on any atom is -0.313 e. The van der Waals surface area contributed by atoms with Gasteiger partial charge >= 0.3 is 0 Å². The summed E-state index contributed by atoms with van der Waals surface area (Å²) in [7, 11) is -1.61. The molecule has 0 fully saturated rings. The first kappa shape index (κ1) is 18.5. The van der Waals surface area contributed by atoms with Gasteiger partial charge in [-0.3, -0.25) is 0 Å². The molecule has 0 aliphatic rings. The van der Waals surface area contributed by atoms with Gasteiger partial charge in [-0.15, -0.1) is 0 Å². The zero-order valence-corrected chi connectivity index (χ0v) is 14.9. The predicted molar refractivity (Wildman–Crippen MR) is 92.1 cm³/mol. The van der Waals surface area contributed by atoms with Crippen LogP contribution in [0.5, 0.6) is 0 Å². The van der Waals surface area contributed by atoms with E-state index >= 15 is 0 Å². The maximum atomic E-state index is 12.4. The average Bonchev–Trinajstić information content (AvgIpc) is 2.44. The molecule has 0 amide bonds. The van der Waals surface area contributed by atoms with E-state index in [0.29, 0.717) is 0 Å². The van der Waals surface area contributed by atoms with Gasteiger partial charge in [-0.2, -0.15) is 11.8 Å². The topological polar surface area (TPSA) is 49.4 Å². The predicted octanol–water partition coefficient (Wildman–Crippen LogP) is 2.31. The molecule has 4 nitrogen and oxygen atoms in total. The molecule has 0 aromatic heterocycles. The lowest BCUT2D eigenvalue weighted by molar-refractivity contribution is 0.414. The fourth-order valence-electron chi connectivity index (χ4n) is 2.03. The first-order valence-electron chi connectivity index (χ1n) is 7.14. The van der Waals surface area contributed by atoms with Crippen molar-refractivity contribution in [1.29, 1.82) is 0 Å². The lowest BCUT2D eigenvalue weighted by atomic mass is 10.1. The van der Waals surface area contributed by atoms with E-state index in [1.165, 1.54) is 4.31 Å². The Morgan fingerprint density at radius 1 is 1.33 bits per heavy atom. The van der Waals surface area contributed by atoms with Crippen molar-refractivity contribution in [2.45, 2.75) is 32.2 Å². The Bertz CT molecular complexity index is 532. The van der Waals surface area contributed by atoms with Crippen LogP contribution in [-0.4, -0.2) is 44.4 Å². The molecule has 0 bridgehead atoms. The molecule has 1 rings (SSSR count). The highest BCUT2D eigenvalue weighted by molar-refractivity contribution is 7.98. The van der Waals surface area contributed by atoms with Crippen molar-refractivity contribution in [2.24, 2.45) is 0 Å². The molecule has 21 heavy (non-hydrogen) atoms. The summed E-state index contributed by atoms with van der Waals surface area (Å²) in [5, 5.41) is 3.25. The molecule has 0 aliphatic heterocycles. The third kappa shape index (κ3) is 5.98. The highest BCUT2D eigenvalue weighted by Gasteiger charge is 2.23. The van der Waals surface area contributed by atoms with E-state index in [-0.39, 0.29) is 11.8 Å². The van der Waals surface area contributed by atoms with Crippen LogP contribution in [0.4, 0.5) is 0 Å². The SMILES string of the molecule is CCNCc1cccc(CS(=O)(=O)N(C)C(C)CSC)c1. The molecule has 120 valence electrons. The summed E-state index contributed by atoms with van der Waals surface area (Å²) in [5.74, 6) is 0.859. The number of thioether (sulfide) groups is 1. The summed E-state index contributed by atoms with van der Waals surface area (Å²) in [4.78, 5) is 0. The van der Waals surface area contributed by atoms with Gasteiger partial charge in [0.05, 0.1) is 5.75 Å². The molecule has 0 radical (unpaired) electrons. The van der Waals surface area contributed by atoms with Crippen molar-refractivity contribution in [2.75, 3.05) is 25.6 Å². The van der Waals surface area contributed by atoms with E-state index in [4.69, 9.17) is 0 Å². The molecule has 1 atom stereocenters. The molecule has 0 aliphatic carbocycles. The van der Waals surface area contributed by atoms with Crippen molar-refractivity contribution in [3.05, 3.63) is 35.4 Å². The van der Waals surface area contributed by atoms with E-state index < -0.39 is 10.0 Å². The molecule has 1 aromatic carbocycles. The minimum absolute atomic E-state index is 0.00920. The van der Waals surface area contributed by atoms with Crippen LogP contribution in [0, 0.1) is 0 Å². The molecule has 6 heteroatoms. The Balaban J connectivity index is 2.79. The van der Waals surface area contributed by atoms with Gasteiger partial charge in [0.2, 0.25) is 10.0 Å². The Kier molecular flexibility index (Phi) is 7.73. The van der Waals surface area contributed by atoms with Crippen molar-refractivity contribution in [3.63, 3.8) is 0 Å². The van der Waals surface area contributed by atoms with Gasteiger partial charge in [0, 0.05) is 25.4 Å². The monoisotopic (exact) mass is 330 g/mol. The second kappa shape index (κ2) is 8.78. The molecule has 0 saturated heterocycles. The van der Waals surface area contributed by atoms with Gasteiger partial charge in [-0.1, -0.05) is 31.2 Å². The van der Waals surface area contributed by atoms with Crippen molar-refractivity contribution in [3.8, 4) is 0 Å². The summed E-state index contributed by atoms with van der Waals surface area (Å²) < 4.78 is 26.4. The van der Waals surface area contributed by atoms with Gasteiger partial charge in [0.25, 0.3) is 0 Å². The Morgan fingerprint density at radius 2 is 2.00 bits per heavy atom. The maximum absolute atomic E-state index is 12.4. The van der Waals surface area contributed by atoms with Crippen LogP contribution >= 0.6 is 11.8 Å². The quantitative estimate of drug-likeness (QED) is 0.755. The molecule has 1 unspecified atom stereocenters. The van der Waals surface area contributed by atoms with Gasteiger partial charge < -0.3 is 5.32 Å². The molecular weight excluding hydrogens is 304 g/mol. The van der Waals surface area contributed by atoms with E-state index in [2.05, 4.69) is 12.2 Å². The van der Waals surface area contributed by atoms with Gasteiger partial charge in [-0.25, -0.2) is 12.7 Å². The van der Waals surface area contributed by atoms with Crippen molar-refractivity contribution < 1.29 is 8.42 Å². The van der Waals surface area contributed by atoms with Crippen LogP contribution < -0.4 is 5.32 Å². The summed E-state index contributed by atoms with van der Waals surface area (Å²) in [6.07, 6.45) is 1.99. The van der Waals surface area contributed by atoms with Gasteiger partial charge in [0.1, 0.15) is 0 Å². The standard InChI is InChI=1S/C15H26N2O2S2/c1-5-16-10-14-7-6-8-15(9-14)12-21(18,19)17(3)13(2)11-20-4/h6-9,13,16H,5,10-12H2,1-4H3. The fraction of sp³-hybridized carbons (Fsp3) is 0.600. The molecule has 0 heterocycles. The Morgan fingerprint density at radius 3 is 2.62 bits per heavy atom. The number of hydrogen-bond donors (Lipinski definition) is 1. The Hall–Kier alpha value is -0.560. The normalized spacial score (nSPS) is 13.6. The fourth-order valence-corrected chi connectivity index (χ4v) is 4.26. The zero-order valence-electron chi connectivity index (χ0n) is 13.3. The highest BCUT2D eigenvalue weighted by Crippen LogP contribution is 2.15. The molecule has 0 saturated carbocycles. The number of hydrogen-bond acceptors (Lipinski definition) is 4.